The van der Waals surface area contributed by atoms with E-state index in [1.807, 2.05) is 51.1 Å². The molecule has 4 heteroatoms. The van der Waals surface area contributed by atoms with Crippen LogP contribution in [0.25, 0.3) is 11.3 Å². The van der Waals surface area contributed by atoms with Crippen LogP contribution in [0.3, 0.4) is 0 Å². The summed E-state index contributed by atoms with van der Waals surface area (Å²) in [6, 6.07) is 9.69. The third kappa shape index (κ3) is 2.99. The molecule has 0 aliphatic rings. The minimum absolute atomic E-state index is 0.115. The van der Waals surface area contributed by atoms with Gasteiger partial charge in [-0.2, -0.15) is 0 Å². The first-order chi connectivity index (χ1) is 8.56. The van der Waals surface area contributed by atoms with E-state index in [4.69, 9.17) is 16.3 Å². The van der Waals surface area contributed by atoms with Crippen molar-refractivity contribution >= 4 is 11.6 Å². The third-order valence-corrected chi connectivity index (χ3v) is 2.52. The largest absolute Gasteiger partial charge is 0.490 e. The number of nitrogens with zero attached hydrogens (tertiary/aromatic N) is 2. The van der Waals surface area contributed by atoms with Gasteiger partial charge in [0.05, 0.1) is 11.8 Å². The van der Waals surface area contributed by atoms with Crippen LogP contribution in [0.1, 0.15) is 19.5 Å². The molecular formula is C14H15ClN2O. The van der Waals surface area contributed by atoms with Crippen molar-refractivity contribution in [1.29, 1.82) is 0 Å². The van der Waals surface area contributed by atoms with Gasteiger partial charge in [-0.05, 0) is 50.6 Å². The summed E-state index contributed by atoms with van der Waals surface area (Å²) >= 11 is 5.90. The first kappa shape index (κ1) is 12.8. The van der Waals surface area contributed by atoms with Crippen LogP contribution in [-0.4, -0.2) is 16.1 Å². The molecule has 0 bridgehead atoms. The zero-order valence-corrected chi connectivity index (χ0v) is 11.4. The van der Waals surface area contributed by atoms with E-state index in [1.165, 1.54) is 0 Å². The van der Waals surface area contributed by atoms with Gasteiger partial charge in [0.1, 0.15) is 5.75 Å². The second-order valence-electron chi connectivity index (χ2n) is 4.33. The number of ether oxygens (including phenoxy) is 1. The molecule has 0 N–H and O–H groups in total. The molecule has 0 saturated heterocycles. The molecular weight excluding hydrogens is 248 g/mol. The maximum absolute atomic E-state index is 5.90. The molecule has 1 aromatic carbocycles. The van der Waals surface area contributed by atoms with E-state index >= 15 is 0 Å². The van der Waals surface area contributed by atoms with Crippen molar-refractivity contribution < 1.29 is 4.74 Å². The summed E-state index contributed by atoms with van der Waals surface area (Å²) < 4.78 is 5.78. The molecule has 0 amide bonds. The highest BCUT2D eigenvalue weighted by molar-refractivity contribution is 6.28. The lowest BCUT2D eigenvalue weighted by atomic mass is 10.1. The fourth-order valence-electron chi connectivity index (χ4n) is 1.71. The summed E-state index contributed by atoms with van der Waals surface area (Å²) in [6.45, 7) is 5.88. The maximum atomic E-state index is 5.90. The van der Waals surface area contributed by atoms with Crippen molar-refractivity contribution in [2.24, 2.45) is 0 Å². The van der Waals surface area contributed by atoms with Crippen molar-refractivity contribution in [1.82, 2.24) is 9.97 Å². The summed E-state index contributed by atoms with van der Waals surface area (Å²) in [5.41, 5.74) is 2.55. The van der Waals surface area contributed by atoms with E-state index in [0.717, 1.165) is 22.7 Å². The van der Waals surface area contributed by atoms with Gasteiger partial charge in [-0.3, -0.25) is 0 Å². The van der Waals surface area contributed by atoms with Crippen LogP contribution >= 0.6 is 11.6 Å². The number of hydrogen-bond acceptors (Lipinski definition) is 3. The quantitative estimate of drug-likeness (QED) is 0.787. The molecule has 94 valence electrons. The Morgan fingerprint density at radius 1 is 1.17 bits per heavy atom. The molecule has 2 rings (SSSR count). The Hall–Kier alpha value is -1.61. The van der Waals surface area contributed by atoms with Gasteiger partial charge in [-0.1, -0.05) is 12.1 Å². The van der Waals surface area contributed by atoms with E-state index in [1.54, 1.807) is 0 Å². The lowest BCUT2D eigenvalue weighted by molar-refractivity contribution is 0.243. The highest BCUT2D eigenvalue weighted by Gasteiger charge is 2.10. The third-order valence-electron chi connectivity index (χ3n) is 2.35. The molecule has 0 aliphatic heterocycles. The average molecular weight is 263 g/mol. The fourth-order valence-corrected chi connectivity index (χ4v) is 1.93. The molecule has 3 nitrogen and oxygen atoms in total. The molecule has 1 heterocycles. The van der Waals surface area contributed by atoms with E-state index in [0.29, 0.717) is 0 Å². The molecule has 0 fully saturated rings. The van der Waals surface area contributed by atoms with Crippen LogP contribution in [0.4, 0.5) is 0 Å². The molecule has 0 spiro atoms. The van der Waals surface area contributed by atoms with Crippen LogP contribution in [0, 0.1) is 6.92 Å². The highest BCUT2D eigenvalue weighted by Crippen LogP contribution is 2.29. The molecule has 0 saturated carbocycles. The topological polar surface area (TPSA) is 35.0 Å². The summed E-state index contributed by atoms with van der Waals surface area (Å²) in [6.07, 6.45) is 0.115. The van der Waals surface area contributed by atoms with Crippen LogP contribution in [-0.2, 0) is 0 Å². The minimum atomic E-state index is 0.115. The number of benzene rings is 1. The monoisotopic (exact) mass is 262 g/mol. The van der Waals surface area contributed by atoms with E-state index in [2.05, 4.69) is 9.97 Å². The van der Waals surface area contributed by atoms with Crippen molar-refractivity contribution in [3.8, 4) is 17.0 Å². The second kappa shape index (κ2) is 5.36. The second-order valence-corrected chi connectivity index (χ2v) is 4.66. The molecule has 0 unspecified atom stereocenters. The molecule has 0 atom stereocenters. The number of halogens is 1. The molecule has 2 aromatic rings. The fraction of sp³-hybridized carbons (Fsp3) is 0.286. The van der Waals surface area contributed by atoms with Gasteiger partial charge >= 0.3 is 0 Å². The normalized spacial score (nSPS) is 10.7. The smallest absolute Gasteiger partial charge is 0.223 e. The zero-order valence-electron chi connectivity index (χ0n) is 10.6. The lowest BCUT2D eigenvalue weighted by Gasteiger charge is -2.14. The van der Waals surface area contributed by atoms with E-state index in [-0.39, 0.29) is 11.4 Å². The zero-order chi connectivity index (χ0) is 13.1. The number of aryl methyl sites for hydroxylation is 1. The Labute approximate surface area is 112 Å². The van der Waals surface area contributed by atoms with Crippen LogP contribution < -0.4 is 4.74 Å². The number of rotatable bonds is 3. The summed E-state index contributed by atoms with van der Waals surface area (Å²) in [5.74, 6) is 0.807. The molecule has 0 radical (unpaired) electrons. The highest BCUT2D eigenvalue weighted by atomic mass is 35.5. The van der Waals surface area contributed by atoms with Crippen LogP contribution in [0.5, 0.6) is 5.75 Å². The number of aromatic nitrogens is 2. The van der Waals surface area contributed by atoms with Crippen molar-refractivity contribution in [2.75, 3.05) is 0 Å². The maximum Gasteiger partial charge on any atom is 0.223 e. The van der Waals surface area contributed by atoms with Gasteiger partial charge < -0.3 is 4.74 Å². The average Bonchev–Trinajstić information content (AvgIpc) is 2.27. The van der Waals surface area contributed by atoms with Crippen LogP contribution in [0.2, 0.25) is 5.28 Å². The molecule has 0 aliphatic carbocycles. The Morgan fingerprint density at radius 2 is 1.89 bits per heavy atom. The standard InChI is InChI=1S/C14H15ClN2O/c1-9(2)18-13-7-5-4-6-11(13)12-8-10(3)16-14(15)17-12/h4-9H,1-3H3. The number of hydrogen-bond donors (Lipinski definition) is 0. The summed E-state index contributed by atoms with van der Waals surface area (Å²) in [5, 5.41) is 0.254. The Kier molecular flexibility index (Phi) is 3.82. The van der Waals surface area contributed by atoms with Crippen molar-refractivity contribution in [3.63, 3.8) is 0 Å². The first-order valence-electron chi connectivity index (χ1n) is 5.83. The van der Waals surface area contributed by atoms with Gasteiger partial charge in [0.2, 0.25) is 5.28 Å². The SMILES string of the molecule is Cc1cc(-c2ccccc2OC(C)C)nc(Cl)n1. The number of para-hydroxylation sites is 1. The Bertz CT molecular complexity index is 535. The van der Waals surface area contributed by atoms with Crippen molar-refractivity contribution in [2.45, 2.75) is 26.9 Å². The molecule has 1 aromatic heterocycles. The minimum Gasteiger partial charge on any atom is -0.490 e. The van der Waals surface area contributed by atoms with E-state index in [9.17, 15) is 0 Å². The van der Waals surface area contributed by atoms with Gasteiger partial charge in [0.25, 0.3) is 0 Å². The van der Waals surface area contributed by atoms with Gasteiger partial charge in [0, 0.05) is 11.3 Å². The Morgan fingerprint density at radius 3 is 2.56 bits per heavy atom. The van der Waals surface area contributed by atoms with Gasteiger partial charge in [0.15, 0.2) is 0 Å². The van der Waals surface area contributed by atoms with Crippen LogP contribution in [0.15, 0.2) is 30.3 Å². The summed E-state index contributed by atoms with van der Waals surface area (Å²) in [7, 11) is 0. The predicted octanol–water partition coefficient (Wildman–Crippen LogP) is 3.89. The van der Waals surface area contributed by atoms with Gasteiger partial charge in [-0.15, -0.1) is 0 Å². The summed E-state index contributed by atoms with van der Waals surface area (Å²) in [4.78, 5) is 8.31. The van der Waals surface area contributed by atoms with Gasteiger partial charge in [-0.25, -0.2) is 9.97 Å². The Balaban J connectivity index is 2.49. The predicted molar refractivity (Wildman–Crippen MR) is 73.0 cm³/mol. The lowest BCUT2D eigenvalue weighted by Crippen LogP contribution is -2.06. The van der Waals surface area contributed by atoms with E-state index < -0.39 is 0 Å². The first-order valence-corrected chi connectivity index (χ1v) is 6.21. The molecule has 18 heavy (non-hydrogen) atoms. The van der Waals surface area contributed by atoms with Crippen molar-refractivity contribution in [3.05, 3.63) is 41.3 Å².